The maximum Gasteiger partial charge on any atom is 0.253 e. The summed E-state index contributed by atoms with van der Waals surface area (Å²) in [6.45, 7) is 8.54. The van der Waals surface area contributed by atoms with Gasteiger partial charge in [0.05, 0.1) is 5.56 Å². The lowest BCUT2D eigenvalue weighted by molar-refractivity contribution is -0.123. The molecule has 1 saturated heterocycles. The van der Waals surface area contributed by atoms with E-state index in [-0.39, 0.29) is 23.3 Å². The van der Waals surface area contributed by atoms with E-state index in [1.165, 1.54) is 4.88 Å². The fourth-order valence-corrected chi connectivity index (χ4v) is 4.52. The molecule has 2 N–H and O–H groups in total. The fourth-order valence-electron chi connectivity index (χ4n) is 3.82. The highest BCUT2D eigenvalue weighted by atomic mass is 32.1. The Labute approximate surface area is 183 Å². The summed E-state index contributed by atoms with van der Waals surface area (Å²) in [5, 5.41) is 8.30. The zero-order valence-electron chi connectivity index (χ0n) is 18.2. The molecule has 2 amide bonds. The highest BCUT2D eigenvalue weighted by Crippen LogP contribution is 2.25. The first kappa shape index (κ1) is 22.3. The summed E-state index contributed by atoms with van der Waals surface area (Å²) in [6.07, 6.45) is 3.18. The Morgan fingerprint density at radius 2 is 1.83 bits per heavy atom. The third-order valence-corrected chi connectivity index (χ3v) is 6.21. The average Bonchev–Trinajstić information content (AvgIpc) is 3.20. The number of para-hydroxylation sites is 1. The van der Waals surface area contributed by atoms with Crippen molar-refractivity contribution in [1.82, 2.24) is 10.6 Å². The number of benzene rings is 1. The number of nitrogens with zero attached hydrogens (tertiary/aromatic N) is 1. The number of thiophene rings is 1. The Balaban J connectivity index is 1.53. The van der Waals surface area contributed by atoms with E-state index < -0.39 is 0 Å². The van der Waals surface area contributed by atoms with Gasteiger partial charge in [0.2, 0.25) is 5.91 Å². The molecular weight excluding hydrogens is 394 g/mol. The second kappa shape index (κ2) is 10.1. The summed E-state index contributed by atoms with van der Waals surface area (Å²) in [7, 11) is 0. The number of anilines is 1. The lowest BCUT2D eigenvalue weighted by Crippen LogP contribution is -2.45. The van der Waals surface area contributed by atoms with Crippen LogP contribution in [0.5, 0.6) is 0 Å². The lowest BCUT2D eigenvalue weighted by atomic mass is 9.91. The maximum atomic E-state index is 12.8. The number of hydrogen-bond donors (Lipinski definition) is 2. The van der Waals surface area contributed by atoms with Crippen LogP contribution in [-0.4, -0.2) is 37.5 Å². The van der Waals surface area contributed by atoms with Gasteiger partial charge in [0.15, 0.2) is 0 Å². The van der Waals surface area contributed by atoms with Gasteiger partial charge in [0, 0.05) is 42.7 Å². The molecule has 1 aromatic heterocycles. The second-order valence-corrected chi connectivity index (χ2v) is 10.2. The Morgan fingerprint density at radius 1 is 1.10 bits per heavy atom. The molecule has 5 nitrogen and oxygen atoms in total. The van der Waals surface area contributed by atoms with Crippen LogP contribution in [-0.2, 0) is 11.2 Å². The highest BCUT2D eigenvalue weighted by Gasteiger charge is 2.25. The molecule has 0 atom stereocenters. The molecule has 3 rings (SSSR count). The van der Waals surface area contributed by atoms with Gasteiger partial charge in [-0.15, -0.1) is 11.3 Å². The van der Waals surface area contributed by atoms with Gasteiger partial charge in [0.25, 0.3) is 5.91 Å². The molecule has 1 aliphatic rings. The van der Waals surface area contributed by atoms with Crippen LogP contribution in [0.4, 0.5) is 5.69 Å². The summed E-state index contributed by atoms with van der Waals surface area (Å²) in [6, 6.07) is 12.1. The summed E-state index contributed by atoms with van der Waals surface area (Å²) in [5.74, 6) is 0.106. The summed E-state index contributed by atoms with van der Waals surface area (Å²) < 4.78 is 0. The van der Waals surface area contributed by atoms with Gasteiger partial charge in [-0.05, 0) is 48.3 Å². The first-order chi connectivity index (χ1) is 14.3. The van der Waals surface area contributed by atoms with Gasteiger partial charge in [-0.2, -0.15) is 0 Å². The summed E-state index contributed by atoms with van der Waals surface area (Å²) in [4.78, 5) is 28.6. The standard InChI is InChI=1S/C24H33N3O2S/c1-24(2,3)17-22(28)26-18-11-14-27(15-12-18)21-9-5-4-8-20(21)23(29)25-13-10-19-7-6-16-30-19/h4-9,16,18H,10-15,17H2,1-3H3,(H,25,29)(H,26,28). The number of piperidine rings is 1. The van der Waals surface area contributed by atoms with E-state index in [0.717, 1.165) is 43.6 Å². The molecule has 2 aromatic rings. The molecule has 30 heavy (non-hydrogen) atoms. The van der Waals surface area contributed by atoms with Crippen molar-refractivity contribution in [1.29, 1.82) is 0 Å². The number of carbonyl (C=O) groups excluding carboxylic acids is 2. The number of hydrogen-bond acceptors (Lipinski definition) is 4. The smallest absolute Gasteiger partial charge is 0.253 e. The normalized spacial score (nSPS) is 15.1. The van der Waals surface area contributed by atoms with Crippen LogP contribution in [0.1, 0.15) is 55.3 Å². The monoisotopic (exact) mass is 427 g/mol. The quantitative estimate of drug-likeness (QED) is 0.695. The fraction of sp³-hybridized carbons (Fsp3) is 0.500. The predicted molar refractivity (Wildman–Crippen MR) is 124 cm³/mol. The van der Waals surface area contributed by atoms with E-state index in [1.54, 1.807) is 11.3 Å². The minimum atomic E-state index is -0.0252. The maximum absolute atomic E-state index is 12.8. The van der Waals surface area contributed by atoms with Gasteiger partial charge in [0.1, 0.15) is 0 Å². The molecule has 0 saturated carbocycles. The van der Waals surface area contributed by atoms with Crippen molar-refractivity contribution in [2.45, 2.75) is 52.5 Å². The van der Waals surface area contributed by atoms with Crippen LogP contribution in [0, 0.1) is 5.41 Å². The van der Waals surface area contributed by atoms with Crippen LogP contribution in [0.2, 0.25) is 0 Å². The minimum Gasteiger partial charge on any atom is -0.371 e. The van der Waals surface area contributed by atoms with Crippen molar-refractivity contribution in [3.05, 3.63) is 52.2 Å². The van der Waals surface area contributed by atoms with Crippen molar-refractivity contribution >= 4 is 28.8 Å². The van der Waals surface area contributed by atoms with Crippen LogP contribution < -0.4 is 15.5 Å². The zero-order chi connectivity index (χ0) is 21.6. The van der Waals surface area contributed by atoms with Gasteiger partial charge >= 0.3 is 0 Å². The minimum absolute atomic E-state index is 0.000583. The van der Waals surface area contributed by atoms with Crippen LogP contribution in [0.3, 0.4) is 0 Å². The van der Waals surface area contributed by atoms with Crippen molar-refractivity contribution in [3.63, 3.8) is 0 Å². The molecule has 1 aliphatic heterocycles. The Bertz CT molecular complexity index is 834. The predicted octanol–water partition coefficient (Wildman–Crippen LogP) is 4.24. The van der Waals surface area contributed by atoms with E-state index in [4.69, 9.17) is 0 Å². The van der Waals surface area contributed by atoms with Crippen molar-refractivity contribution in [2.24, 2.45) is 5.41 Å². The lowest BCUT2D eigenvalue weighted by Gasteiger charge is -2.35. The van der Waals surface area contributed by atoms with Crippen molar-refractivity contribution in [2.75, 3.05) is 24.5 Å². The van der Waals surface area contributed by atoms with E-state index in [0.29, 0.717) is 13.0 Å². The Morgan fingerprint density at radius 3 is 2.50 bits per heavy atom. The van der Waals surface area contributed by atoms with Crippen molar-refractivity contribution < 1.29 is 9.59 Å². The van der Waals surface area contributed by atoms with Crippen molar-refractivity contribution in [3.8, 4) is 0 Å². The zero-order valence-corrected chi connectivity index (χ0v) is 19.1. The molecule has 6 heteroatoms. The SMILES string of the molecule is CC(C)(C)CC(=O)NC1CCN(c2ccccc2C(=O)NCCc2cccs2)CC1. The molecule has 0 unspecified atom stereocenters. The van der Waals surface area contributed by atoms with E-state index in [9.17, 15) is 9.59 Å². The van der Waals surface area contributed by atoms with Gasteiger partial charge in [-0.25, -0.2) is 0 Å². The molecule has 0 bridgehead atoms. The highest BCUT2D eigenvalue weighted by molar-refractivity contribution is 7.09. The van der Waals surface area contributed by atoms with Crippen LogP contribution in [0.15, 0.2) is 41.8 Å². The number of nitrogens with one attached hydrogen (secondary N) is 2. The molecule has 0 aliphatic carbocycles. The summed E-state index contributed by atoms with van der Waals surface area (Å²) in [5.41, 5.74) is 1.70. The summed E-state index contributed by atoms with van der Waals surface area (Å²) >= 11 is 1.71. The third kappa shape index (κ3) is 6.59. The molecule has 0 spiro atoms. The number of amides is 2. The largest absolute Gasteiger partial charge is 0.371 e. The molecule has 2 heterocycles. The second-order valence-electron chi connectivity index (χ2n) is 9.17. The number of rotatable bonds is 7. The van der Waals surface area contributed by atoms with Gasteiger partial charge in [-0.3, -0.25) is 9.59 Å². The Hall–Kier alpha value is -2.34. The number of carbonyl (C=O) groups is 2. The average molecular weight is 428 g/mol. The van der Waals surface area contributed by atoms with E-state index in [2.05, 4.69) is 47.8 Å². The molecule has 0 radical (unpaired) electrons. The Kier molecular flexibility index (Phi) is 7.53. The van der Waals surface area contributed by atoms with Gasteiger partial charge < -0.3 is 15.5 Å². The molecule has 1 fully saturated rings. The molecular formula is C24H33N3O2S. The van der Waals surface area contributed by atoms with E-state index in [1.807, 2.05) is 30.3 Å². The van der Waals surface area contributed by atoms with Gasteiger partial charge in [-0.1, -0.05) is 39.0 Å². The van der Waals surface area contributed by atoms with E-state index >= 15 is 0 Å². The molecule has 1 aromatic carbocycles. The first-order valence-corrected chi connectivity index (χ1v) is 11.6. The van der Waals surface area contributed by atoms with Crippen LogP contribution in [0.25, 0.3) is 0 Å². The topological polar surface area (TPSA) is 61.4 Å². The molecule has 162 valence electrons. The van der Waals surface area contributed by atoms with Crippen LogP contribution >= 0.6 is 11.3 Å². The third-order valence-electron chi connectivity index (χ3n) is 5.28. The first-order valence-electron chi connectivity index (χ1n) is 10.8.